The summed E-state index contributed by atoms with van der Waals surface area (Å²) in [6.45, 7) is 5.57. The summed E-state index contributed by atoms with van der Waals surface area (Å²) in [5.41, 5.74) is 2.44. The molecule has 0 radical (unpaired) electrons. The van der Waals surface area contributed by atoms with E-state index in [1.165, 1.54) is 6.33 Å². The Kier molecular flexibility index (Phi) is 8.29. The predicted octanol–water partition coefficient (Wildman–Crippen LogP) is 3.90. The van der Waals surface area contributed by atoms with Crippen molar-refractivity contribution in [1.29, 1.82) is 0 Å². The number of fused-ring (bicyclic) bond motifs is 1. The first-order chi connectivity index (χ1) is 17.8. The minimum atomic E-state index is 0.0476. The van der Waals surface area contributed by atoms with Crippen molar-refractivity contribution in [3.05, 3.63) is 60.2 Å². The highest BCUT2D eigenvalue weighted by atomic mass is 16.5. The number of carbonyl (C=O) groups is 1. The average molecular weight is 505 g/mol. The molecule has 194 valence electrons. The summed E-state index contributed by atoms with van der Waals surface area (Å²) >= 11 is 0. The molecule has 0 amide bonds. The van der Waals surface area contributed by atoms with Crippen LogP contribution in [0.2, 0.25) is 0 Å². The molecule has 4 rings (SSSR count). The number of ether oxygens (including phenoxy) is 3. The lowest BCUT2D eigenvalue weighted by Crippen LogP contribution is -2.19. The minimum absolute atomic E-state index is 0.0476. The van der Waals surface area contributed by atoms with E-state index in [0.717, 1.165) is 17.8 Å². The van der Waals surface area contributed by atoms with E-state index in [4.69, 9.17) is 14.2 Å². The number of carbonyl (C=O) groups excluding carboxylic acids is 1. The molecule has 0 fully saturated rings. The van der Waals surface area contributed by atoms with Crippen LogP contribution in [0.3, 0.4) is 0 Å². The fourth-order valence-electron chi connectivity index (χ4n) is 3.64. The highest BCUT2D eigenvalue weighted by Crippen LogP contribution is 2.36. The molecule has 0 aliphatic heterocycles. The summed E-state index contributed by atoms with van der Waals surface area (Å²) in [6.07, 6.45) is 3.57. The number of hydrogen-bond acceptors (Lipinski definition) is 9. The molecular formula is C27H32N6O4. The molecule has 4 aromatic rings. The number of methoxy groups -OCH3 is 1. The zero-order valence-electron chi connectivity index (χ0n) is 21.8. The van der Waals surface area contributed by atoms with Gasteiger partial charge in [-0.25, -0.2) is 14.6 Å². The highest BCUT2D eigenvalue weighted by Gasteiger charge is 2.14. The fourth-order valence-corrected chi connectivity index (χ4v) is 3.64. The van der Waals surface area contributed by atoms with Gasteiger partial charge in [-0.05, 0) is 43.8 Å². The van der Waals surface area contributed by atoms with Crippen LogP contribution in [0.25, 0.3) is 10.9 Å². The Labute approximate surface area is 216 Å². The van der Waals surface area contributed by atoms with Crippen molar-refractivity contribution < 1.29 is 19.0 Å². The summed E-state index contributed by atoms with van der Waals surface area (Å²) in [5.74, 6) is 2.51. The average Bonchev–Trinajstić information content (AvgIpc) is 3.33. The van der Waals surface area contributed by atoms with Gasteiger partial charge in [0.25, 0.3) is 0 Å². The van der Waals surface area contributed by atoms with Crippen molar-refractivity contribution in [3.63, 3.8) is 0 Å². The second-order valence-corrected chi connectivity index (χ2v) is 9.31. The molecule has 0 N–H and O–H groups in total. The van der Waals surface area contributed by atoms with E-state index in [9.17, 15) is 4.79 Å². The lowest BCUT2D eigenvalue weighted by atomic mass is 10.1. The molecule has 0 saturated heterocycles. The Bertz CT molecular complexity index is 1350. The molecule has 0 aliphatic rings. The van der Waals surface area contributed by atoms with Crippen molar-refractivity contribution in [3.8, 4) is 23.1 Å². The third-order valence-corrected chi connectivity index (χ3v) is 5.71. The van der Waals surface area contributed by atoms with Crippen molar-refractivity contribution in [2.45, 2.75) is 32.7 Å². The Hall–Kier alpha value is -4.05. The first kappa shape index (κ1) is 26.0. The number of nitrogens with zero attached hydrogens (tertiary/aromatic N) is 6. The molecule has 2 aromatic carbocycles. The molecule has 10 nitrogen and oxygen atoms in total. The summed E-state index contributed by atoms with van der Waals surface area (Å²) in [5, 5.41) is 8.84. The van der Waals surface area contributed by atoms with Gasteiger partial charge in [-0.3, -0.25) is 4.79 Å². The van der Waals surface area contributed by atoms with Gasteiger partial charge in [0.15, 0.2) is 17.3 Å². The SMILES string of the molecule is COc1cc2c(Oc3ccc(CC(=O)Cn4cc(C(C)C)nn4)cc3)ncnc2cc1OCCN(C)C. The highest BCUT2D eigenvalue weighted by molar-refractivity contribution is 5.87. The minimum Gasteiger partial charge on any atom is -0.493 e. The second-order valence-electron chi connectivity index (χ2n) is 9.31. The van der Waals surface area contributed by atoms with E-state index in [2.05, 4.69) is 20.3 Å². The number of rotatable bonds is 12. The van der Waals surface area contributed by atoms with Crippen LogP contribution < -0.4 is 14.2 Å². The van der Waals surface area contributed by atoms with Crippen molar-refractivity contribution in [2.24, 2.45) is 0 Å². The lowest BCUT2D eigenvalue weighted by Gasteiger charge is -2.15. The maximum Gasteiger partial charge on any atom is 0.230 e. The van der Waals surface area contributed by atoms with Gasteiger partial charge < -0.3 is 19.1 Å². The molecule has 0 bridgehead atoms. The third kappa shape index (κ3) is 6.79. The van der Waals surface area contributed by atoms with E-state index >= 15 is 0 Å². The Morgan fingerprint density at radius 3 is 2.54 bits per heavy atom. The molecule has 2 heterocycles. The van der Waals surface area contributed by atoms with Gasteiger partial charge in [-0.2, -0.15) is 0 Å². The van der Waals surface area contributed by atoms with E-state index in [-0.39, 0.29) is 18.2 Å². The standard InChI is InChI=1S/C27H32N6O4/c1-18(2)24-16-33(31-30-24)15-20(34)12-19-6-8-21(9-7-19)37-27-22-13-25(35-5)26(36-11-10-32(3)4)14-23(22)28-17-29-27/h6-9,13-14,16-18H,10-12,15H2,1-5H3. The molecule has 0 unspecified atom stereocenters. The van der Waals surface area contributed by atoms with Crippen LogP contribution in [-0.2, 0) is 17.8 Å². The van der Waals surface area contributed by atoms with E-state index < -0.39 is 0 Å². The third-order valence-electron chi connectivity index (χ3n) is 5.71. The van der Waals surface area contributed by atoms with Gasteiger partial charge >= 0.3 is 0 Å². The molecule has 0 atom stereocenters. The normalized spacial score (nSPS) is 11.3. The molecule has 0 aliphatic carbocycles. The lowest BCUT2D eigenvalue weighted by molar-refractivity contribution is -0.119. The number of hydrogen-bond donors (Lipinski definition) is 0. The van der Waals surface area contributed by atoms with Crippen LogP contribution in [0.15, 0.2) is 48.9 Å². The van der Waals surface area contributed by atoms with E-state index in [1.807, 2.05) is 75.4 Å². The smallest absolute Gasteiger partial charge is 0.230 e. The number of benzene rings is 2. The van der Waals surface area contributed by atoms with Gasteiger partial charge in [0.1, 0.15) is 25.2 Å². The number of Topliss-reactive ketones (excluding diaryl/α,β-unsaturated/α-hetero) is 1. The van der Waals surface area contributed by atoms with Crippen LogP contribution in [0.4, 0.5) is 0 Å². The maximum absolute atomic E-state index is 12.5. The molecule has 10 heteroatoms. The van der Waals surface area contributed by atoms with Gasteiger partial charge in [0.2, 0.25) is 5.88 Å². The van der Waals surface area contributed by atoms with Crippen LogP contribution in [0.1, 0.15) is 31.0 Å². The summed E-state index contributed by atoms with van der Waals surface area (Å²) < 4.78 is 19.1. The molecule has 37 heavy (non-hydrogen) atoms. The van der Waals surface area contributed by atoms with Gasteiger partial charge in [-0.15, -0.1) is 5.10 Å². The molecule has 0 spiro atoms. The fraction of sp³-hybridized carbons (Fsp3) is 0.370. The topological polar surface area (TPSA) is 104 Å². The van der Waals surface area contributed by atoms with Crippen LogP contribution in [0, 0.1) is 0 Å². The molecule has 2 aromatic heterocycles. The summed E-state index contributed by atoms with van der Waals surface area (Å²) in [4.78, 5) is 23.2. The van der Waals surface area contributed by atoms with Crippen molar-refractivity contribution in [2.75, 3.05) is 34.4 Å². The quantitative estimate of drug-likeness (QED) is 0.284. The summed E-state index contributed by atoms with van der Waals surface area (Å²) in [7, 11) is 5.57. The van der Waals surface area contributed by atoms with Crippen LogP contribution in [0.5, 0.6) is 23.1 Å². The molecule has 0 saturated carbocycles. The Morgan fingerprint density at radius 2 is 1.86 bits per heavy atom. The zero-order chi connectivity index (χ0) is 26.4. The van der Waals surface area contributed by atoms with Crippen LogP contribution >= 0.6 is 0 Å². The van der Waals surface area contributed by atoms with Crippen molar-refractivity contribution in [1.82, 2.24) is 29.9 Å². The van der Waals surface area contributed by atoms with Crippen molar-refractivity contribution >= 4 is 16.7 Å². The molecular weight excluding hydrogens is 472 g/mol. The monoisotopic (exact) mass is 504 g/mol. The predicted molar refractivity (Wildman–Crippen MR) is 139 cm³/mol. The largest absolute Gasteiger partial charge is 0.493 e. The zero-order valence-corrected chi connectivity index (χ0v) is 21.8. The Balaban J connectivity index is 1.43. The van der Waals surface area contributed by atoms with Gasteiger partial charge in [0.05, 0.1) is 23.7 Å². The first-order valence-corrected chi connectivity index (χ1v) is 12.1. The van der Waals surface area contributed by atoms with Gasteiger partial charge in [0, 0.05) is 25.2 Å². The second kappa shape index (κ2) is 11.8. The maximum atomic E-state index is 12.5. The van der Waals surface area contributed by atoms with E-state index in [1.54, 1.807) is 11.8 Å². The number of aromatic nitrogens is 5. The summed E-state index contributed by atoms with van der Waals surface area (Å²) in [6, 6.07) is 11.0. The Morgan fingerprint density at radius 1 is 1.08 bits per heavy atom. The van der Waals surface area contributed by atoms with Gasteiger partial charge in [-0.1, -0.05) is 31.2 Å². The van der Waals surface area contributed by atoms with Crippen LogP contribution in [-0.4, -0.2) is 70.0 Å². The first-order valence-electron chi connectivity index (χ1n) is 12.1. The number of likely N-dealkylation sites (N-methyl/N-ethyl adjacent to an activating group) is 1. The van der Waals surface area contributed by atoms with E-state index in [0.29, 0.717) is 47.1 Å². The number of ketones is 1.